The molecular weight excluding hydrogens is 225 g/mol. The number of nitrogens with zero attached hydrogens (tertiary/aromatic N) is 2. The first-order valence-corrected chi connectivity index (χ1v) is 5.06. The van der Waals surface area contributed by atoms with Crippen molar-refractivity contribution in [1.29, 1.82) is 0 Å². The molecule has 1 aliphatic rings. The van der Waals surface area contributed by atoms with Gasteiger partial charge in [0.15, 0.2) is 0 Å². The predicted molar refractivity (Wildman–Crippen MR) is 52.4 cm³/mol. The van der Waals surface area contributed by atoms with Crippen molar-refractivity contribution >= 4 is 16.3 Å². The Morgan fingerprint density at radius 3 is 2.73 bits per heavy atom. The molecule has 0 unspecified atom stereocenters. The smallest absolute Gasteiger partial charge is 0.259 e. The largest absolute Gasteiger partial charge is 0.432 e. The van der Waals surface area contributed by atoms with E-state index >= 15 is 0 Å². The molecule has 1 aliphatic heterocycles. The predicted octanol–water partition coefficient (Wildman–Crippen LogP) is 2.66. The van der Waals surface area contributed by atoms with Gasteiger partial charge in [-0.25, -0.2) is 5.01 Å². The first-order valence-electron chi connectivity index (χ1n) is 4.24. The van der Waals surface area contributed by atoms with Gasteiger partial charge in [-0.1, -0.05) is 0 Å². The molecule has 0 atom stereocenters. The Morgan fingerprint density at radius 2 is 2.20 bits per heavy atom. The van der Waals surface area contributed by atoms with Gasteiger partial charge in [-0.3, -0.25) is 5.01 Å². The van der Waals surface area contributed by atoms with Crippen LogP contribution in [0.4, 0.5) is 18.2 Å². The fraction of sp³-hybridized carbons (Fsp3) is 0.333. The highest BCUT2D eigenvalue weighted by molar-refractivity contribution is 7.13. The molecule has 0 aliphatic carbocycles. The van der Waals surface area contributed by atoms with Crippen LogP contribution in [0.1, 0.15) is 0 Å². The molecule has 6 heteroatoms. The Labute approximate surface area is 89.2 Å². The minimum absolute atomic E-state index is 0.271. The lowest BCUT2D eigenvalue weighted by Crippen LogP contribution is -2.37. The third-order valence-electron chi connectivity index (χ3n) is 2.08. The second-order valence-corrected chi connectivity index (χ2v) is 3.99. The SMILES string of the molecule is CN1CC=C(C(F)(F)F)N1c1cc[c]s1. The van der Waals surface area contributed by atoms with Crippen molar-refractivity contribution in [3.8, 4) is 0 Å². The highest BCUT2D eigenvalue weighted by Gasteiger charge is 2.42. The van der Waals surface area contributed by atoms with Crippen molar-refractivity contribution in [2.75, 3.05) is 18.6 Å². The van der Waals surface area contributed by atoms with Crippen LogP contribution in [0.3, 0.4) is 0 Å². The number of hydrazine groups is 1. The van der Waals surface area contributed by atoms with Crippen LogP contribution < -0.4 is 5.01 Å². The standard InChI is InChI=1S/C9H8F3N2S/c1-13-5-4-7(9(10,11)12)14(13)8-3-2-6-15-8/h2-4H,5H2,1H3. The molecule has 0 saturated heterocycles. The van der Waals surface area contributed by atoms with Gasteiger partial charge >= 0.3 is 6.18 Å². The molecule has 0 spiro atoms. The van der Waals surface area contributed by atoms with Gasteiger partial charge in [-0.2, -0.15) is 13.2 Å². The van der Waals surface area contributed by atoms with E-state index in [1.165, 1.54) is 16.1 Å². The van der Waals surface area contributed by atoms with Crippen molar-refractivity contribution in [1.82, 2.24) is 5.01 Å². The molecule has 0 bridgehead atoms. The molecule has 2 heterocycles. The van der Waals surface area contributed by atoms with E-state index in [1.54, 1.807) is 19.2 Å². The summed E-state index contributed by atoms with van der Waals surface area (Å²) in [5.74, 6) is 0. The summed E-state index contributed by atoms with van der Waals surface area (Å²) < 4.78 is 37.9. The van der Waals surface area contributed by atoms with Gasteiger partial charge in [-0.15, -0.1) is 11.3 Å². The number of halogens is 3. The molecule has 0 N–H and O–H groups in total. The van der Waals surface area contributed by atoms with Crippen LogP contribution in [0, 0.1) is 5.38 Å². The minimum atomic E-state index is -4.31. The number of hydrogen-bond acceptors (Lipinski definition) is 3. The summed E-state index contributed by atoms with van der Waals surface area (Å²) in [6, 6.07) is 3.23. The minimum Gasteiger partial charge on any atom is -0.259 e. The molecule has 1 aromatic rings. The maximum atomic E-state index is 12.6. The highest BCUT2D eigenvalue weighted by Crippen LogP contribution is 2.37. The maximum Gasteiger partial charge on any atom is 0.432 e. The lowest BCUT2D eigenvalue weighted by Gasteiger charge is -2.28. The van der Waals surface area contributed by atoms with Gasteiger partial charge in [0.2, 0.25) is 0 Å². The van der Waals surface area contributed by atoms with E-state index in [-0.39, 0.29) is 6.54 Å². The van der Waals surface area contributed by atoms with Gasteiger partial charge in [0.05, 0.1) is 0 Å². The fourth-order valence-corrected chi connectivity index (χ4v) is 2.16. The summed E-state index contributed by atoms with van der Waals surface area (Å²) in [4.78, 5) is 0. The number of allylic oxidation sites excluding steroid dienone is 1. The lowest BCUT2D eigenvalue weighted by atomic mass is 10.4. The Bertz CT molecular complexity index is 369. The Morgan fingerprint density at radius 1 is 1.47 bits per heavy atom. The zero-order valence-corrected chi connectivity index (χ0v) is 8.69. The van der Waals surface area contributed by atoms with Crippen molar-refractivity contribution in [3.05, 3.63) is 29.3 Å². The Kier molecular flexibility index (Phi) is 2.47. The summed E-state index contributed by atoms with van der Waals surface area (Å²) in [5.41, 5.74) is -0.624. The van der Waals surface area contributed by atoms with Crippen molar-refractivity contribution in [2.45, 2.75) is 6.18 Å². The summed E-state index contributed by atoms with van der Waals surface area (Å²) >= 11 is 1.16. The van der Waals surface area contributed by atoms with E-state index in [9.17, 15) is 13.2 Å². The quantitative estimate of drug-likeness (QED) is 0.735. The average molecular weight is 233 g/mol. The van der Waals surface area contributed by atoms with Crippen molar-refractivity contribution in [2.24, 2.45) is 0 Å². The zero-order valence-electron chi connectivity index (χ0n) is 7.88. The van der Waals surface area contributed by atoms with E-state index in [2.05, 4.69) is 5.38 Å². The zero-order chi connectivity index (χ0) is 11.1. The fourth-order valence-electron chi connectivity index (χ4n) is 1.44. The van der Waals surface area contributed by atoms with Gasteiger partial charge in [-0.05, 0) is 18.2 Å². The second kappa shape index (κ2) is 3.53. The average Bonchev–Trinajstić information content (AvgIpc) is 2.69. The molecule has 1 radical (unpaired) electrons. The topological polar surface area (TPSA) is 6.48 Å². The summed E-state index contributed by atoms with van der Waals surface area (Å²) in [7, 11) is 1.62. The van der Waals surface area contributed by atoms with Crippen LogP contribution in [0.5, 0.6) is 0 Å². The number of alkyl halides is 3. The third kappa shape index (κ3) is 1.87. The third-order valence-corrected chi connectivity index (χ3v) is 2.85. The van der Waals surface area contributed by atoms with Crippen molar-refractivity contribution in [3.63, 3.8) is 0 Å². The molecular formula is C9H8F3N2S. The molecule has 81 valence electrons. The van der Waals surface area contributed by atoms with E-state index in [0.29, 0.717) is 5.00 Å². The molecule has 0 saturated carbocycles. The summed E-state index contributed by atoms with van der Waals surface area (Å²) in [6.45, 7) is 0.271. The van der Waals surface area contributed by atoms with Crippen LogP contribution in [0.15, 0.2) is 23.9 Å². The first kappa shape index (κ1) is 10.5. The maximum absolute atomic E-state index is 12.6. The molecule has 1 aromatic heterocycles. The van der Waals surface area contributed by atoms with E-state index < -0.39 is 11.9 Å². The number of anilines is 1. The van der Waals surface area contributed by atoms with Gasteiger partial charge in [0, 0.05) is 19.0 Å². The van der Waals surface area contributed by atoms with Crippen LogP contribution in [0.25, 0.3) is 0 Å². The van der Waals surface area contributed by atoms with Gasteiger partial charge in [0.1, 0.15) is 10.7 Å². The number of thiophene rings is 1. The summed E-state index contributed by atoms with van der Waals surface area (Å²) in [5, 5.41) is 5.99. The lowest BCUT2D eigenvalue weighted by molar-refractivity contribution is -0.0948. The number of rotatable bonds is 1. The molecule has 0 fully saturated rings. The van der Waals surface area contributed by atoms with Gasteiger partial charge in [0.25, 0.3) is 0 Å². The molecule has 0 aromatic carbocycles. The molecule has 2 rings (SSSR count). The van der Waals surface area contributed by atoms with Crippen molar-refractivity contribution < 1.29 is 13.2 Å². The van der Waals surface area contributed by atoms with Crippen LogP contribution in [-0.4, -0.2) is 24.8 Å². The molecule has 15 heavy (non-hydrogen) atoms. The first-order chi connectivity index (χ1) is 7.00. The second-order valence-electron chi connectivity index (χ2n) is 3.13. The Hall–Kier alpha value is -1.01. The van der Waals surface area contributed by atoms with E-state index in [1.807, 2.05) is 0 Å². The van der Waals surface area contributed by atoms with Crippen LogP contribution >= 0.6 is 11.3 Å². The number of hydrogen-bond donors (Lipinski definition) is 0. The Balaban J connectivity index is 2.34. The molecule has 2 nitrogen and oxygen atoms in total. The summed E-state index contributed by atoms with van der Waals surface area (Å²) in [6.07, 6.45) is -3.13. The molecule has 0 amide bonds. The normalized spacial score (nSPS) is 18.4. The van der Waals surface area contributed by atoms with Gasteiger partial charge < -0.3 is 0 Å². The monoisotopic (exact) mass is 233 g/mol. The van der Waals surface area contributed by atoms with Crippen LogP contribution in [0.2, 0.25) is 0 Å². The van der Waals surface area contributed by atoms with E-state index in [0.717, 1.165) is 11.3 Å². The van der Waals surface area contributed by atoms with Crippen LogP contribution in [-0.2, 0) is 0 Å². The van der Waals surface area contributed by atoms with E-state index in [4.69, 9.17) is 0 Å². The number of likely N-dealkylation sites (N-methyl/N-ethyl adjacent to an activating group) is 1. The highest BCUT2D eigenvalue weighted by atomic mass is 32.1.